The minimum Gasteiger partial charge on any atom is -0.338 e. The summed E-state index contributed by atoms with van der Waals surface area (Å²) >= 11 is 3.13. The molecule has 9 heteroatoms. The van der Waals surface area contributed by atoms with Crippen molar-refractivity contribution in [3.05, 3.63) is 23.4 Å². The zero-order chi connectivity index (χ0) is 14.8. The first kappa shape index (κ1) is 13.9. The van der Waals surface area contributed by atoms with E-state index >= 15 is 0 Å². The first-order chi connectivity index (χ1) is 10.9. The van der Waals surface area contributed by atoms with Gasteiger partial charge in [0, 0.05) is 0 Å². The standard InChI is InChI=1S/C13H14N6OS2/c1-2-5-9(4-1)19-13(15-17-18-19)22-8-11-14-12(16-20-11)10-6-3-7-21-10/h3,6-7,9H,1-2,4-5,8H2. The van der Waals surface area contributed by atoms with Crippen molar-refractivity contribution in [2.45, 2.75) is 42.6 Å². The zero-order valence-electron chi connectivity index (χ0n) is 11.8. The highest BCUT2D eigenvalue weighted by atomic mass is 32.2. The predicted octanol–water partition coefficient (Wildman–Crippen LogP) is 3.19. The van der Waals surface area contributed by atoms with Gasteiger partial charge in [0.1, 0.15) is 0 Å². The summed E-state index contributed by atoms with van der Waals surface area (Å²) in [7, 11) is 0. The van der Waals surface area contributed by atoms with Gasteiger partial charge in [-0.05, 0) is 34.7 Å². The van der Waals surface area contributed by atoms with Crippen molar-refractivity contribution in [2.24, 2.45) is 0 Å². The first-order valence-electron chi connectivity index (χ1n) is 7.17. The van der Waals surface area contributed by atoms with Gasteiger partial charge in [-0.15, -0.1) is 16.4 Å². The van der Waals surface area contributed by atoms with E-state index in [1.807, 2.05) is 22.2 Å². The van der Waals surface area contributed by atoms with E-state index in [0.717, 1.165) is 22.9 Å². The second-order valence-corrected chi connectivity index (χ2v) is 7.01. The van der Waals surface area contributed by atoms with E-state index in [0.29, 0.717) is 23.5 Å². The van der Waals surface area contributed by atoms with E-state index in [4.69, 9.17) is 4.52 Å². The molecule has 3 aromatic rings. The van der Waals surface area contributed by atoms with Gasteiger partial charge in [-0.1, -0.05) is 35.8 Å². The summed E-state index contributed by atoms with van der Waals surface area (Å²) in [5.41, 5.74) is 0. The van der Waals surface area contributed by atoms with Gasteiger partial charge in [0.15, 0.2) is 0 Å². The normalized spacial score (nSPS) is 15.6. The van der Waals surface area contributed by atoms with Crippen LogP contribution in [0.2, 0.25) is 0 Å². The molecule has 0 N–H and O–H groups in total. The summed E-state index contributed by atoms with van der Waals surface area (Å²) < 4.78 is 7.24. The maximum absolute atomic E-state index is 5.30. The van der Waals surface area contributed by atoms with Crippen LogP contribution < -0.4 is 0 Å². The molecular formula is C13H14N6OS2. The van der Waals surface area contributed by atoms with Crippen LogP contribution in [0, 0.1) is 0 Å². The Morgan fingerprint density at radius 3 is 3.09 bits per heavy atom. The fraction of sp³-hybridized carbons (Fsp3) is 0.462. The average Bonchev–Trinajstić information content (AvgIpc) is 3.33. The molecule has 0 amide bonds. The lowest BCUT2D eigenvalue weighted by Crippen LogP contribution is -2.08. The zero-order valence-corrected chi connectivity index (χ0v) is 13.4. The molecule has 0 atom stereocenters. The molecule has 0 bridgehead atoms. The highest BCUT2D eigenvalue weighted by Crippen LogP contribution is 2.32. The quantitative estimate of drug-likeness (QED) is 0.663. The first-order valence-corrected chi connectivity index (χ1v) is 9.04. The monoisotopic (exact) mass is 334 g/mol. The molecule has 3 aromatic heterocycles. The minimum atomic E-state index is 0.432. The number of hydrogen-bond acceptors (Lipinski definition) is 8. The van der Waals surface area contributed by atoms with Crippen LogP contribution in [0.25, 0.3) is 10.7 Å². The molecule has 0 aliphatic heterocycles. The summed E-state index contributed by atoms with van der Waals surface area (Å²) in [5, 5.41) is 18.9. The number of tetrazole rings is 1. The molecule has 7 nitrogen and oxygen atoms in total. The Labute approximate surface area is 135 Å². The maximum atomic E-state index is 5.30. The molecule has 22 heavy (non-hydrogen) atoms. The molecule has 0 saturated heterocycles. The summed E-state index contributed by atoms with van der Waals surface area (Å²) in [4.78, 5) is 5.42. The molecule has 0 aromatic carbocycles. The smallest absolute Gasteiger partial charge is 0.237 e. The Morgan fingerprint density at radius 1 is 1.36 bits per heavy atom. The van der Waals surface area contributed by atoms with Gasteiger partial charge in [0.2, 0.25) is 16.9 Å². The highest BCUT2D eigenvalue weighted by molar-refractivity contribution is 7.98. The Balaban J connectivity index is 1.44. The van der Waals surface area contributed by atoms with E-state index in [1.54, 1.807) is 11.3 Å². The Hall–Kier alpha value is -1.74. The molecule has 114 valence electrons. The van der Waals surface area contributed by atoms with Crippen LogP contribution in [-0.2, 0) is 5.75 Å². The Morgan fingerprint density at radius 2 is 2.27 bits per heavy atom. The van der Waals surface area contributed by atoms with Crippen molar-refractivity contribution in [1.29, 1.82) is 0 Å². The van der Waals surface area contributed by atoms with Crippen molar-refractivity contribution in [1.82, 2.24) is 30.3 Å². The fourth-order valence-electron chi connectivity index (χ4n) is 2.60. The van der Waals surface area contributed by atoms with Gasteiger partial charge < -0.3 is 4.52 Å². The number of aromatic nitrogens is 6. The lowest BCUT2D eigenvalue weighted by molar-refractivity contribution is 0.391. The molecule has 1 saturated carbocycles. The van der Waals surface area contributed by atoms with Crippen LogP contribution >= 0.6 is 23.1 Å². The molecule has 1 aliphatic carbocycles. The molecule has 4 rings (SSSR count). The van der Waals surface area contributed by atoms with Crippen molar-refractivity contribution in [2.75, 3.05) is 0 Å². The van der Waals surface area contributed by atoms with Crippen LogP contribution in [0.4, 0.5) is 0 Å². The van der Waals surface area contributed by atoms with E-state index in [-0.39, 0.29) is 0 Å². The van der Waals surface area contributed by atoms with Crippen molar-refractivity contribution in [3.8, 4) is 10.7 Å². The van der Waals surface area contributed by atoms with Gasteiger partial charge >= 0.3 is 0 Å². The molecule has 3 heterocycles. The molecule has 0 unspecified atom stereocenters. The number of thioether (sulfide) groups is 1. The summed E-state index contributed by atoms with van der Waals surface area (Å²) in [6, 6.07) is 4.38. The van der Waals surface area contributed by atoms with E-state index in [2.05, 4.69) is 25.7 Å². The van der Waals surface area contributed by atoms with Gasteiger partial charge in [0.25, 0.3) is 0 Å². The lowest BCUT2D eigenvalue weighted by atomic mass is 10.3. The van der Waals surface area contributed by atoms with Crippen LogP contribution in [-0.4, -0.2) is 30.3 Å². The Bertz CT molecular complexity index is 731. The number of thiophene rings is 1. The van der Waals surface area contributed by atoms with E-state index in [9.17, 15) is 0 Å². The second-order valence-electron chi connectivity index (χ2n) is 5.12. The van der Waals surface area contributed by atoms with E-state index < -0.39 is 0 Å². The summed E-state index contributed by atoms with van der Waals surface area (Å²) in [5.74, 6) is 1.81. The van der Waals surface area contributed by atoms with Gasteiger partial charge in [0.05, 0.1) is 16.7 Å². The van der Waals surface area contributed by atoms with Crippen LogP contribution in [0.15, 0.2) is 27.2 Å². The topological polar surface area (TPSA) is 82.5 Å². The van der Waals surface area contributed by atoms with Crippen molar-refractivity contribution < 1.29 is 4.52 Å². The van der Waals surface area contributed by atoms with Gasteiger partial charge in [-0.25, -0.2) is 4.68 Å². The van der Waals surface area contributed by atoms with Crippen molar-refractivity contribution >= 4 is 23.1 Å². The molecule has 1 fully saturated rings. The third kappa shape index (κ3) is 2.78. The van der Waals surface area contributed by atoms with Crippen LogP contribution in [0.3, 0.4) is 0 Å². The van der Waals surface area contributed by atoms with Crippen LogP contribution in [0.1, 0.15) is 37.6 Å². The second kappa shape index (κ2) is 6.17. The summed E-state index contributed by atoms with van der Waals surface area (Å²) in [6.45, 7) is 0. The number of nitrogens with zero attached hydrogens (tertiary/aromatic N) is 6. The van der Waals surface area contributed by atoms with Crippen molar-refractivity contribution in [3.63, 3.8) is 0 Å². The maximum Gasteiger partial charge on any atom is 0.237 e. The molecule has 0 spiro atoms. The number of rotatable bonds is 5. The summed E-state index contributed by atoms with van der Waals surface area (Å²) in [6.07, 6.45) is 4.81. The van der Waals surface area contributed by atoms with E-state index in [1.165, 1.54) is 24.6 Å². The third-order valence-corrected chi connectivity index (χ3v) is 5.45. The van der Waals surface area contributed by atoms with Crippen LogP contribution in [0.5, 0.6) is 0 Å². The lowest BCUT2D eigenvalue weighted by Gasteiger charge is -2.09. The van der Waals surface area contributed by atoms with Gasteiger partial charge in [-0.2, -0.15) is 4.98 Å². The predicted molar refractivity (Wildman–Crippen MR) is 82.5 cm³/mol. The SMILES string of the molecule is c1csc(-c2noc(CSc3nnnn3C3CCCC3)n2)c1. The minimum absolute atomic E-state index is 0.432. The van der Waals surface area contributed by atoms with Gasteiger partial charge in [-0.3, -0.25) is 0 Å². The molecule has 1 aliphatic rings. The molecule has 0 radical (unpaired) electrons. The largest absolute Gasteiger partial charge is 0.338 e. The fourth-order valence-corrected chi connectivity index (χ4v) is 4.04. The number of hydrogen-bond donors (Lipinski definition) is 0. The Kier molecular flexibility index (Phi) is 3.90. The average molecular weight is 334 g/mol. The highest BCUT2D eigenvalue weighted by Gasteiger charge is 2.22. The third-order valence-electron chi connectivity index (χ3n) is 3.67. The molecular weight excluding hydrogens is 320 g/mol.